The number of nitrogens with one attached hydrogen (secondary N) is 2. The van der Waals surface area contributed by atoms with E-state index in [-0.39, 0.29) is 11.4 Å². The molecular weight excluding hydrogens is 200 g/mol. The Bertz CT molecular complexity index is 261. The number of hydrazone groups is 1. The Morgan fingerprint density at radius 3 is 2.93 bits per heavy atom. The molecule has 1 rings (SSSR count). The maximum Gasteiger partial charge on any atom is 0.268 e. The van der Waals surface area contributed by atoms with E-state index in [4.69, 9.17) is 4.74 Å². The van der Waals surface area contributed by atoms with Crippen molar-refractivity contribution >= 4 is 5.96 Å². The van der Waals surface area contributed by atoms with Crippen molar-refractivity contribution in [2.24, 2.45) is 10.5 Å². The fourth-order valence-electron chi connectivity index (χ4n) is 1.40. The van der Waals surface area contributed by atoms with Gasteiger partial charge >= 0.3 is 0 Å². The van der Waals surface area contributed by atoms with Gasteiger partial charge < -0.3 is 15.4 Å². The van der Waals surface area contributed by atoms with Gasteiger partial charge in [-0.2, -0.15) is 0 Å². The van der Waals surface area contributed by atoms with Crippen molar-refractivity contribution in [3.63, 3.8) is 0 Å². The third-order valence-electron chi connectivity index (χ3n) is 2.40. The molecule has 0 spiro atoms. The van der Waals surface area contributed by atoms with Crippen LogP contribution in [0.4, 0.5) is 0 Å². The quantitative estimate of drug-likeness (QED) is 0.294. The van der Waals surface area contributed by atoms with Gasteiger partial charge in [-0.3, -0.25) is 0 Å². The Labute approximate surface area is 88.0 Å². The number of ether oxygens (including phenoxy) is 1. The maximum atomic E-state index is 10.2. The van der Waals surface area contributed by atoms with Crippen molar-refractivity contribution < 1.29 is 9.77 Å². The summed E-state index contributed by atoms with van der Waals surface area (Å²) in [6.45, 7) is 4.11. The molecule has 1 unspecified atom stereocenters. The van der Waals surface area contributed by atoms with Gasteiger partial charge in [0, 0.05) is 25.6 Å². The lowest BCUT2D eigenvalue weighted by molar-refractivity contribution is -0.485. The lowest BCUT2D eigenvalue weighted by Gasteiger charge is -2.22. The SMILES string of the molecule is CN/C(=N\[N+](=O)[O-])NCC1(C)CCOC1. The van der Waals surface area contributed by atoms with Crippen LogP contribution >= 0.6 is 0 Å². The van der Waals surface area contributed by atoms with E-state index in [1.54, 1.807) is 7.05 Å². The highest BCUT2D eigenvalue weighted by atomic mass is 16.7. The van der Waals surface area contributed by atoms with E-state index in [9.17, 15) is 10.1 Å². The summed E-state index contributed by atoms with van der Waals surface area (Å²) in [7, 11) is 1.59. The number of nitrogens with zero attached hydrogens (tertiary/aromatic N) is 2. The molecule has 2 N–H and O–H groups in total. The van der Waals surface area contributed by atoms with Crippen molar-refractivity contribution in [1.82, 2.24) is 10.6 Å². The highest BCUT2D eigenvalue weighted by Crippen LogP contribution is 2.26. The first-order valence-electron chi connectivity index (χ1n) is 4.78. The van der Waals surface area contributed by atoms with Crippen LogP contribution in [0.25, 0.3) is 0 Å². The summed E-state index contributed by atoms with van der Waals surface area (Å²) in [5.41, 5.74) is 0.0359. The van der Waals surface area contributed by atoms with Crippen LogP contribution in [0.2, 0.25) is 0 Å². The van der Waals surface area contributed by atoms with E-state index < -0.39 is 5.03 Å². The van der Waals surface area contributed by atoms with E-state index in [1.807, 2.05) is 0 Å². The molecular formula is C8H16N4O3. The van der Waals surface area contributed by atoms with Crippen LogP contribution in [0.15, 0.2) is 5.10 Å². The molecule has 0 aromatic carbocycles. The molecule has 0 aromatic heterocycles. The van der Waals surface area contributed by atoms with Crippen LogP contribution in [0, 0.1) is 15.5 Å². The fraction of sp³-hybridized carbons (Fsp3) is 0.875. The summed E-state index contributed by atoms with van der Waals surface area (Å²) in [5, 5.41) is 18.1. The molecule has 0 aromatic rings. The van der Waals surface area contributed by atoms with Crippen molar-refractivity contribution in [3.05, 3.63) is 10.1 Å². The first-order chi connectivity index (χ1) is 7.06. The Morgan fingerprint density at radius 1 is 1.73 bits per heavy atom. The normalized spacial score (nSPS) is 26.4. The zero-order valence-electron chi connectivity index (χ0n) is 8.95. The third kappa shape index (κ3) is 3.70. The summed E-state index contributed by atoms with van der Waals surface area (Å²) >= 11 is 0. The van der Waals surface area contributed by atoms with Crippen molar-refractivity contribution in [3.8, 4) is 0 Å². The number of hydrogen-bond donors (Lipinski definition) is 2. The van der Waals surface area contributed by atoms with E-state index in [1.165, 1.54) is 0 Å². The average molecular weight is 216 g/mol. The first kappa shape index (κ1) is 11.7. The van der Waals surface area contributed by atoms with E-state index in [2.05, 4.69) is 22.7 Å². The fourth-order valence-corrected chi connectivity index (χ4v) is 1.40. The number of hydrogen-bond acceptors (Lipinski definition) is 3. The molecule has 0 aliphatic carbocycles. The van der Waals surface area contributed by atoms with Crippen LogP contribution in [0.3, 0.4) is 0 Å². The van der Waals surface area contributed by atoms with Gasteiger partial charge in [-0.1, -0.05) is 6.92 Å². The van der Waals surface area contributed by atoms with Gasteiger partial charge in [-0.05, 0) is 6.42 Å². The molecule has 1 aliphatic heterocycles. The molecule has 0 amide bonds. The molecule has 0 saturated carbocycles. The third-order valence-corrected chi connectivity index (χ3v) is 2.40. The smallest absolute Gasteiger partial charge is 0.268 e. The molecule has 0 radical (unpaired) electrons. The monoisotopic (exact) mass is 216 g/mol. The topological polar surface area (TPSA) is 88.8 Å². The zero-order valence-corrected chi connectivity index (χ0v) is 8.95. The Kier molecular flexibility index (Phi) is 3.84. The second-order valence-corrected chi connectivity index (χ2v) is 3.90. The molecule has 15 heavy (non-hydrogen) atoms. The summed E-state index contributed by atoms with van der Waals surface area (Å²) in [5.74, 6) is 0.174. The average Bonchev–Trinajstić information content (AvgIpc) is 2.60. The highest BCUT2D eigenvalue weighted by molar-refractivity contribution is 5.78. The second kappa shape index (κ2) is 4.92. The van der Waals surface area contributed by atoms with E-state index in [0.717, 1.165) is 13.0 Å². The molecule has 0 bridgehead atoms. The van der Waals surface area contributed by atoms with Crippen molar-refractivity contribution in [1.29, 1.82) is 0 Å². The summed E-state index contributed by atoms with van der Waals surface area (Å²) in [4.78, 5) is 10.2. The summed E-state index contributed by atoms with van der Waals surface area (Å²) in [6, 6.07) is 0. The number of nitro groups is 1. The van der Waals surface area contributed by atoms with E-state index in [0.29, 0.717) is 13.2 Å². The predicted octanol–water partition coefficient (Wildman–Crippen LogP) is -0.230. The molecule has 1 heterocycles. The van der Waals surface area contributed by atoms with E-state index >= 15 is 0 Å². The molecule has 1 fully saturated rings. The van der Waals surface area contributed by atoms with Gasteiger partial charge in [0.2, 0.25) is 0 Å². The molecule has 7 nitrogen and oxygen atoms in total. The Balaban J connectivity index is 2.43. The van der Waals surface area contributed by atoms with Crippen LogP contribution in [-0.2, 0) is 4.74 Å². The molecule has 7 heteroatoms. The Hall–Kier alpha value is -1.37. The van der Waals surface area contributed by atoms with Gasteiger partial charge in [0.05, 0.1) is 6.61 Å². The minimum Gasteiger partial charge on any atom is -0.381 e. The van der Waals surface area contributed by atoms with Crippen LogP contribution in [0.1, 0.15) is 13.3 Å². The van der Waals surface area contributed by atoms with Gasteiger partial charge in [-0.25, -0.2) is 10.1 Å². The minimum absolute atomic E-state index is 0.0359. The first-order valence-corrected chi connectivity index (χ1v) is 4.78. The Morgan fingerprint density at radius 2 is 2.47 bits per heavy atom. The van der Waals surface area contributed by atoms with Crippen LogP contribution < -0.4 is 10.6 Å². The summed E-state index contributed by atoms with van der Waals surface area (Å²) in [6.07, 6.45) is 0.954. The molecule has 1 saturated heterocycles. The van der Waals surface area contributed by atoms with Gasteiger partial charge in [0.15, 0.2) is 5.03 Å². The second-order valence-electron chi connectivity index (χ2n) is 3.90. The minimum atomic E-state index is -0.730. The predicted molar refractivity (Wildman–Crippen MR) is 55.0 cm³/mol. The number of rotatable bonds is 3. The van der Waals surface area contributed by atoms with Crippen LogP contribution in [0.5, 0.6) is 0 Å². The van der Waals surface area contributed by atoms with Gasteiger partial charge in [0.25, 0.3) is 5.96 Å². The van der Waals surface area contributed by atoms with Gasteiger partial charge in [-0.15, -0.1) is 0 Å². The lowest BCUT2D eigenvalue weighted by Crippen LogP contribution is -2.42. The number of guanidine groups is 1. The van der Waals surface area contributed by atoms with Crippen LogP contribution in [-0.4, -0.2) is 37.8 Å². The molecule has 1 aliphatic rings. The largest absolute Gasteiger partial charge is 0.381 e. The van der Waals surface area contributed by atoms with Gasteiger partial charge in [0.1, 0.15) is 5.10 Å². The highest BCUT2D eigenvalue weighted by Gasteiger charge is 2.29. The standard InChI is InChI=1S/C8H16N4O3/c1-8(3-4-15-6-8)5-10-7(9-2)11-12(13)14/h3-6H2,1-2H3,(H2,9,10,11). The lowest BCUT2D eigenvalue weighted by atomic mass is 9.90. The van der Waals surface area contributed by atoms with Crippen molar-refractivity contribution in [2.45, 2.75) is 13.3 Å². The maximum absolute atomic E-state index is 10.2. The molecule has 1 atom stereocenters. The molecule has 86 valence electrons. The summed E-state index contributed by atoms with van der Waals surface area (Å²) < 4.78 is 5.27. The zero-order chi connectivity index (χ0) is 11.3. The van der Waals surface area contributed by atoms with Crippen molar-refractivity contribution in [2.75, 3.05) is 26.8 Å².